The van der Waals surface area contributed by atoms with Crippen LogP contribution in [-0.4, -0.2) is 15.0 Å². The second-order valence-electron chi connectivity index (χ2n) is 7.24. The first-order chi connectivity index (χ1) is 20.8. The summed E-state index contributed by atoms with van der Waals surface area (Å²) in [6, 6.07) is 6.52. The molecule has 0 fully saturated rings. The minimum atomic E-state index is -3.61. The number of terminal acetylenes is 1. The Labute approximate surface area is 266 Å². The van der Waals surface area contributed by atoms with E-state index < -0.39 is 9.84 Å². The summed E-state index contributed by atoms with van der Waals surface area (Å²) in [7, 11) is -3.61. The summed E-state index contributed by atoms with van der Waals surface area (Å²) in [5.41, 5.74) is 1.03. The average Bonchev–Trinajstić information content (AvgIpc) is 3.06. The lowest BCUT2D eigenvalue weighted by atomic mass is 10.2. The molecule has 0 aliphatic rings. The molecular weight excluding hydrogens is 552 g/mol. The largest absolute Gasteiger partial charge is 0.489 e. The van der Waals surface area contributed by atoms with E-state index in [2.05, 4.69) is 32.6 Å². The summed E-state index contributed by atoms with van der Waals surface area (Å²) in [6.45, 7) is 31.5. The Hall–Kier alpha value is -3.75. The van der Waals surface area contributed by atoms with Crippen molar-refractivity contribution in [3.05, 3.63) is 121 Å². The van der Waals surface area contributed by atoms with Gasteiger partial charge >= 0.3 is 0 Å². The summed E-state index contributed by atoms with van der Waals surface area (Å²) >= 11 is 0. The Morgan fingerprint density at radius 1 is 0.860 bits per heavy atom. The van der Waals surface area contributed by atoms with E-state index in [1.54, 1.807) is 43.3 Å². The zero-order chi connectivity index (χ0) is 34.7. The number of sulfone groups is 1. The molecule has 1 rings (SSSR count). The molecule has 4 nitrogen and oxygen atoms in total. The van der Waals surface area contributed by atoms with Crippen molar-refractivity contribution in [3.63, 3.8) is 0 Å². The van der Waals surface area contributed by atoms with Gasteiger partial charge in [-0.05, 0) is 88.6 Å². The minimum absolute atomic E-state index is 0.231. The molecule has 0 saturated heterocycles. The van der Waals surface area contributed by atoms with Gasteiger partial charge in [0.2, 0.25) is 9.84 Å². The molecule has 5 heteroatoms. The molecule has 0 saturated carbocycles. The maximum Gasteiger partial charge on any atom is 0.202 e. The van der Waals surface area contributed by atoms with Gasteiger partial charge in [-0.3, -0.25) is 0 Å². The predicted octanol–water partition coefficient (Wildman–Crippen LogP) is 11.7. The van der Waals surface area contributed by atoms with Crippen LogP contribution in [0, 0.1) is 12.8 Å². The van der Waals surface area contributed by atoms with E-state index in [0.717, 1.165) is 17.8 Å². The van der Waals surface area contributed by atoms with Gasteiger partial charge in [-0.1, -0.05) is 84.9 Å². The molecule has 0 aliphatic heterocycles. The lowest BCUT2D eigenvalue weighted by Gasteiger charge is -2.10. The van der Waals surface area contributed by atoms with Gasteiger partial charge < -0.3 is 9.47 Å². The number of benzene rings is 1. The van der Waals surface area contributed by atoms with Crippen LogP contribution in [0.1, 0.15) is 89.0 Å². The van der Waals surface area contributed by atoms with Gasteiger partial charge in [0.25, 0.3) is 0 Å². The molecule has 0 atom stereocenters. The van der Waals surface area contributed by atoms with E-state index in [9.17, 15) is 8.42 Å². The molecular formula is C38H60O4S. The third-order valence-electron chi connectivity index (χ3n) is 4.51. The van der Waals surface area contributed by atoms with Crippen LogP contribution in [0.15, 0.2) is 126 Å². The SMILES string of the molecule is C#C.C=C.C=CC/C=C(\C=C/C)COc1ccc(S(=O)(=O)/C(=C/C=C(\C)O/C(C)=C/C=C\C)CC)cc1.CC.CC.CC. The standard InChI is InChI=1S/C28H36O4S.3C2H6.C2H4.C2H2/c1-7-11-14-23(5)32-24(6)16-19-27(10-4)33(29,30)28-20-17-26(18-21-28)31-22-25(13-9-3)15-12-8-2;5*1-2/h7-9,11,13-21H,2,10,12,22H2,1,3-6H3;3*1-2H3;1-2H2;1-2H/b11-7-,13-9-,23-14+,24-16+,25-15+,27-19+;;;;;. The predicted molar refractivity (Wildman–Crippen MR) is 194 cm³/mol. The van der Waals surface area contributed by atoms with Gasteiger partial charge in [0, 0.05) is 4.91 Å². The van der Waals surface area contributed by atoms with Gasteiger partial charge in [0.05, 0.1) is 4.90 Å². The maximum atomic E-state index is 13.1. The lowest BCUT2D eigenvalue weighted by Crippen LogP contribution is -2.05. The van der Waals surface area contributed by atoms with Crippen LogP contribution in [0.25, 0.3) is 0 Å². The Morgan fingerprint density at radius 3 is 1.81 bits per heavy atom. The van der Waals surface area contributed by atoms with Crippen molar-refractivity contribution in [2.24, 2.45) is 0 Å². The molecule has 0 aromatic heterocycles. The normalized spacial score (nSPS) is 11.5. The molecule has 0 aliphatic carbocycles. The van der Waals surface area contributed by atoms with Crippen molar-refractivity contribution >= 4 is 9.84 Å². The molecule has 43 heavy (non-hydrogen) atoms. The molecule has 0 amide bonds. The lowest BCUT2D eigenvalue weighted by molar-refractivity contribution is 0.309. The Balaban J connectivity index is -0.000000433. The number of rotatable bonds is 13. The number of hydrogen-bond acceptors (Lipinski definition) is 4. The first kappa shape index (κ1) is 49.0. The summed E-state index contributed by atoms with van der Waals surface area (Å²) in [5.74, 6) is 1.95. The van der Waals surface area contributed by atoms with Crippen molar-refractivity contribution in [1.82, 2.24) is 0 Å². The highest BCUT2D eigenvalue weighted by molar-refractivity contribution is 7.95. The third kappa shape index (κ3) is 24.5. The topological polar surface area (TPSA) is 52.6 Å². The van der Waals surface area contributed by atoms with Crippen LogP contribution in [0.3, 0.4) is 0 Å². The molecule has 242 valence electrons. The van der Waals surface area contributed by atoms with Crippen LogP contribution >= 0.6 is 0 Å². The number of allylic oxidation sites excluding steroid dienone is 11. The summed E-state index contributed by atoms with van der Waals surface area (Å²) < 4.78 is 37.7. The van der Waals surface area contributed by atoms with Crippen molar-refractivity contribution < 1.29 is 17.9 Å². The maximum absolute atomic E-state index is 13.1. The van der Waals surface area contributed by atoms with Crippen LogP contribution in [-0.2, 0) is 14.6 Å². The Bertz CT molecular complexity index is 1110. The Morgan fingerprint density at radius 2 is 1.37 bits per heavy atom. The second-order valence-corrected chi connectivity index (χ2v) is 9.24. The number of ether oxygens (including phenoxy) is 2. The first-order valence-electron chi connectivity index (χ1n) is 14.9. The van der Waals surface area contributed by atoms with Crippen LogP contribution in [0.4, 0.5) is 0 Å². The van der Waals surface area contributed by atoms with E-state index in [4.69, 9.17) is 9.47 Å². The molecule has 0 N–H and O–H groups in total. The average molecular weight is 613 g/mol. The van der Waals surface area contributed by atoms with Gasteiger partial charge in [-0.25, -0.2) is 8.42 Å². The van der Waals surface area contributed by atoms with Crippen LogP contribution in [0.2, 0.25) is 0 Å². The molecule has 0 heterocycles. The van der Waals surface area contributed by atoms with Crippen molar-refractivity contribution in [3.8, 4) is 18.6 Å². The van der Waals surface area contributed by atoms with E-state index in [1.165, 1.54) is 0 Å². The molecule has 0 bridgehead atoms. The zero-order valence-electron chi connectivity index (χ0n) is 28.9. The fraction of sp³-hybridized carbons (Fsp3) is 0.368. The van der Waals surface area contributed by atoms with Crippen molar-refractivity contribution in [2.45, 2.75) is 93.9 Å². The van der Waals surface area contributed by atoms with E-state index in [0.29, 0.717) is 29.4 Å². The van der Waals surface area contributed by atoms with E-state index in [-0.39, 0.29) is 4.90 Å². The third-order valence-corrected chi connectivity index (χ3v) is 6.52. The second kappa shape index (κ2) is 36.3. The highest BCUT2D eigenvalue weighted by Gasteiger charge is 2.19. The fourth-order valence-electron chi connectivity index (χ4n) is 2.82. The highest BCUT2D eigenvalue weighted by Crippen LogP contribution is 2.24. The highest BCUT2D eigenvalue weighted by atomic mass is 32.2. The van der Waals surface area contributed by atoms with Gasteiger partial charge in [-0.2, -0.15) is 0 Å². The van der Waals surface area contributed by atoms with Crippen LogP contribution < -0.4 is 4.74 Å². The summed E-state index contributed by atoms with van der Waals surface area (Å²) in [5, 5.41) is 0. The van der Waals surface area contributed by atoms with Crippen LogP contribution in [0.5, 0.6) is 5.75 Å². The van der Waals surface area contributed by atoms with Crippen molar-refractivity contribution in [2.75, 3.05) is 6.61 Å². The van der Waals surface area contributed by atoms with Gasteiger partial charge in [0.15, 0.2) is 0 Å². The minimum Gasteiger partial charge on any atom is -0.489 e. The molecule has 0 spiro atoms. The quantitative estimate of drug-likeness (QED) is 0.0962. The molecule has 0 unspecified atom stereocenters. The van der Waals surface area contributed by atoms with E-state index >= 15 is 0 Å². The zero-order valence-corrected chi connectivity index (χ0v) is 29.8. The molecule has 1 aromatic carbocycles. The molecule has 0 radical (unpaired) electrons. The van der Waals surface area contributed by atoms with Gasteiger partial charge in [0.1, 0.15) is 23.9 Å². The molecule has 1 aromatic rings. The monoisotopic (exact) mass is 612 g/mol. The number of hydrogen-bond donors (Lipinski definition) is 0. The van der Waals surface area contributed by atoms with Crippen molar-refractivity contribution in [1.29, 1.82) is 0 Å². The summed E-state index contributed by atoms with van der Waals surface area (Å²) in [4.78, 5) is 0.548. The fourth-order valence-corrected chi connectivity index (χ4v) is 4.24. The first-order valence-corrected chi connectivity index (χ1v) is 16.4. The Kier molecular flexibility index (Phi) is 41.3. The van der Waals surface area contributed by atoms with Gasteiger partial charge in [-0.15, -0.1) is 32.6 Å². The van der Waals surface area contributed by atoms with E-state index in [1.807, 2.05) is 112 Å². The summed E-state index contributed by atoms with van der Waals surface area (Å²) in [6.07, 6.45) is 25.9. The smallest absolute Gasteiger partial charge is 0.202 e.